The molecule has 6 nitrogen and oxygen atoms in total. The van der Waals surface area contributed by atoms with Crippen LogP contribution < -0.4 is 0 Å². The SMILES string of the molecule is N#CC1(C(=O)O)CC1.O=C(O)c1ccc2ccccc2c1O. The van der Waals surface area contributed by atoms with E-state index in [-0.39, 0.29) is 11.3 Å². The Morgan fingerprint density at radius 1 is 1.09 bits per heavy atom. The Balaban J connectivity index is 0.000000188. The Hall–Kier alpha value is -3.07. The first-order valence-corrected chi connectivity index (χ1v) is 6.50. The number of carboxylic acids is 2. The molecule has 0 saturated heterocycles. The average molecular weight is 299 g/mol. The molecule has 1 saturated carbocycles. The lowest BCUT2D eigenvalue weighted by molar-refractivity contribution is -0.141. The molecule has 1 aliphatic rings. The second kappa shape index (κ2) is 5.74. The number of aliphatic carboxylic acids is 1. The van der Waals surface area contributed by atoms with Crippen molar-refractivity contribution in [1.29, 1.82) is 5.26 Å². The molecular weight excluding hydrogens is 286 g/mol. The van der Waals surface area contributed by atoms with Crippen LogP contribution in [0.1, 0.15) is 23.2 Å². The van der Waals surface area contributed by atoms with Gasteiger partial charge in [-0.05, 0) is 24.3 Å². The molecule has 2 aromatic carbocycles. The minimum Gasteiger partial charge on any atom is -0.506 e. The van der Waals surface area contributed by atoms with Gasteiger partial charge in [0.1, 0.15) is 11.3 Å². The van der Waals surface area contributed by atoms with E-state index in [1.807, 2.05) is 12.1 Å². The van der Waals surface area contributed by atoms with Crippen molar-refractivity contribution in [3.63, 3.8) is 0 Å². The highest BCUT2D eigenvalue weighted by Gasteiger charge is 2.51. The lowest BCUT2D eigenvalue weighted by Gasteiger charge is -2.03. The van der Waals surface area contributed by atoms with Gasteiger partial charge in [0.2, 0.25) is 0 Å². The first-order chi connectivity index (χ1) is 10.4. The van der Waals surface area contributed by atoms with Gasteiger partial charge in [-0.2, -0.15) is 5.26 Å². The third-order valence-electron chi connectivity index (χ3n) is 3.50. The number of carboxylic acid groups (broad SMARTS) is 2. The van der Waals surface area contributed by atoms with Gasteiger partial charge in [0.25, 0.3) is 0 Å². The van der Waals surface area contributed by atoms with Crippen molar-refractivity contribution >= 4 is 22.7 Å². The Morgan fingerprint density at radius 3 is 2.18 bits per heavy atom. The lowest BCUT2D eigenvalue weighted by Crippen LogP contribution is -2.11. The Bertz CT molecular complexity index is 787. The van der Waals surface area contributed by atoms with E-state index in [9.17, 15) is 14.7 Å². The average Bonchev–Trinajstić information content (AvgIpc) is 3.29. The topological polar surface area (TPSA) is 119 Å². The second-order valence-corrected chi connectivity index (χ2v) is 4.99. The molecule has 0 radical (unpaired) electrons. The van der Waals surface area contributed by atoms with Gasteiger partial charge in [0.05, 0.1) is 6.07 Å². The van der Waals surface area contributed by atoms with Crippen LogP contribution in [0.3, 0.4) is 0 Å². The van der Waals surface area contributed by atoms with Crippen molar-refractivity contribution in [1.82, 2.24) is 0 Å². The molecule has 3 rings (SSSR count). The van der Waals surface area contributed by atoms with Crippen LogP contribution in [0.15, 0.2) is 36.4 Å². The maximum Gasteiger partial charge on any atom is 0.339 e. The first kappa shape index (κ1) is 15.3. The van der Waals surface area contributed by atoms with Crippen LogP contribution in [0.25, 0.3) is 10.8 Å². The minimum absolute atomic E-state index is 0.0660. The highest BCUT2D eigenvalue weighted by atomic mass is 16.4. The summed E-state index contributed by atoms with van der Waals surface area (Å²) in [5.41, 5.74) is -1.05. The molecule has 0 atom stereocenters. The van der Waals surface area contributed by atoms with E-state index in [2.05, 4.69) is 0 Å². The van der Waals surface area contributed by atoms with Crippen molar-refractivity contribution in [2.45, 2.75) is 12.8 Å². The lowest BCUT2D eigenvalue weighted by atomic mass is 10.1. The highest BCUT2D eigenvalue weighted by Crippen LogP contribution is 2.44. The summed E-state index contributed by atoms with van der Waals surface area (Å²) in [6.45, 7) is 0. The summed E-state index contributed by atoms with van der Waals surface area (Å²) in [6, 6.07) is 11.9. The van der Waals surface area contributed by atoms with Crippen LogP contribution in [0.5, 0.6) is 5.75 Å². The number of benzene rings is 2. The summed E-state index contributed by atoms with van der Waals surface area (Å²) in [5, 5.41) is 36.3. The van der Waals surface area contributed by atoms with Crippen LogP contribution in [-0.2, 0) is 4.79 Å². The molecule has 0 heterocycles. The number of aromatic hydroxyl groups is 1. The maximum atomic E-state index is 10.7. The zero-order valence-electron chi connectivity index (χ0n) is 11.5. The van der Waals surface area contributed by atoms with E-state index in [1.165, 1.54) is 6.07 Å². The van der Waals surface area contributed by atoms with E-state index in [0.29, 0.717) is 18.2 Å². The van der Waals surface area contributed by atoms with Gasteiger partial charge in [0.15, 0.2) is 5.41 Å². The van der Waals surface area contributed by atoms with Gasteiger partial charge < -0.3 is 15.3 Å². The zero-order chi connectivity index (χ0) is 16.3. The van der Waals surface area contributed by atoms with Crippen molar-refractivity contribution in [2.24, 2.45) is 5.41 Å². The van der Waals surface area contributed by atoms with E-state index >= 15 is 0 Å². The molecule has 3 N–H and O–H groups in total. The number of rotatable bonds is 2. The molecule has 0 aliphatic heterocycles. The normalized spacial score (nSPS) is 14.3. The van der Waals surface area contributed by atoms with Crippen molar-refractivity contribution in [3.8, 4) is 11.8 Å². The van der Waals surface area contributed by atoms with Crippen LogP contribution >= 0.6 is 0 Å². The van der Waals surface area contributed by atoms with Gasteiger partial charge in [0, 0.05) is 5.39 Å². The van der Waals surface area contributed by atoms with E-state index in [4.69, 9.17) is 15.5 Å². The largest absolute Gasteiger partial charge is 0.506 e. The number of hydrogen-bond donors (Lipinski definition) is 3. The summed E-state index contributed by atoms with van der Waals surface area (Å²) in [4.78, 5) is 20.8. The van der Waals surface area contributed by atoms with Crippen LogP contribution in [0, 0.1) is 16.7 Å². The molecule has 0 unspecified atom stereocenters. The molecule has 1 aliphatic carbocycles. The molecule has 2 aromatic rings. The fourth-order valence-electron chi connectivity index (χ4n) is 1.93. The summed E-state index contributed by atoms with van der Waals surface area (Å²) in [6.07, 6.45) is 1.05. The number of hydrogen-bond acceptors (Lipinski definition) is 4. The van der Waals surface area contributed by atoms with E-state index < -0.39 is 17.4 Å². The molecule has 112 valence electrons. The Morgan fingerprint density at radius 2 is 1.73 bits per heavy atom. The van der Waals surface area contributed by atoms with Gasteiger partial charge in [-0.1, -0.05) is 30.3 Å². The summed E-state index contributed by atoms with van der Waals surface area (Å²) < 4.78 is 0. The highest BCUT2D eigenvalue weighted by molar-refractivity contribution is 6.00. The second-order valence-electron chi connectivity index (χ2n) is 4.99. The van der Waals surface area contributed by atoms with Gasteiger partial charge in [-0.15, -0.1) is 0 Å². The predicted octanol–water partition coefficient (Wildman–Crippen LogP) is 2.62. The first-order valence-electron chi connectivity index (χ1n) is 6.50. The fraction of sp³-hybridized carbons (Fsp3) is 0.188. The number of nitriles is 1. The summed E-state index contributed by atoms with van der Waals surface area (Å²) in [5.74, 6) is -2.26. The Kier molecular flexibility index (Phi) is 4.00. The number of carbonyl (C=O) groups is 2. The van der Waals surface area contributed by atoms with Crippen LogP contribution in [-0.4, -0.2) is 27.3 Å². The molecule has 0 spiro atoms. The molecule has 6 heteroatoms. The number of fused-ring (bicyclic) bond motifs is 1. The molecule has 0 amide bonds. The van der Waals surface area contributed by atoms with Crippen molar-refractivity contribution < 1.29 is 24.9 Å². The monoisotopic (exact) mass is 299 g/mol. The maximum absolute atomic E-state index is 10.7. The third kappa shape index (κ3) is 2.83. The van der Waals surface area contributed by atoms with Crippen LogP contribution in [0.4, 0.5) is 0 Å². The number of nitrogens with zero attached hydrogens (tertiary/aromatic N) is 1. The standard InChI is InChI=1S/C11H8O3.C5H5NO2/c12-10-8-4-2-1-3-7(8)5-6-9(10)11(13)14;6-3-5(1-2-5)4(7)8/h1-6,12H,(H,13,14);1-2H2,(H,7,8). The third-order valence-corrected chi connectivity index (χ3v) is 3.50. The minimum atomic E-state index is -1.12. The van der Waals surface area contributed by atoms with E-state index in [1.54, 1.807) is 24.3 Å². The van der Waals surface area contributed by atoms with Crippen LogP contribution in [0.2, 0.25) is 0 Å². The molecule has 22 heavy (non-hydrogen) atoms. The Labute approximate surface area is 125 Å². The van der Waals surface area contributed by atoms with Gasteiger partial charge in [-0.3, -0.25) is 4.79 Å². The summed E-state index contributed by atoms with van der Waals surface area (Å²) in [7, 11) is 0. The smallest absolute Gasteiger partial charge is 0.339 e. The summed E-state index contributed by atoms with van der Waals surface area (Å²) >= 11 is 0. The van der Waals surface area contributed by atoms with Crippen molar-refractivity contribution in [2.75, 3.05) is 0 Å². The van der Waals surface area contributed by atoms with Gasteiger partial charge >= 0.3 is 11.9 Å². The molecule has 0 bridgehead atoms. The number of phenols is 1. The fourth-order valence-corrected chi connectivity index (χ4v) is 1.93. The zero-order valence-corrected chi connectivity index (χ0v) is 11.5. The van der Waals surface area contributed by atoms with E-state index in [0.717, 1.165) is 5.39 Å². The quantitative estimate of drug-likeness (QED) is 0.784. The molecule has 1 fully saturated rings. The number of aromatic carboxylic acids is 1. The van der Waals surface area contributed by atoms with Gasteiger partial charge in [-0.25, -0.2) is 4.79 Å². The predicted molar refractivity (Wildman–Crippen MR) is 77.5 cm³/mol. The van der Waals surface area contributed by atoms with Crippen molar-refractivity contribution in [3.05, 3.63) is 42.0 Å². The molecular formula is C16H13NO5. The molecule has 0 aromatic heterocycles.